The molecular formula is C17H27Cl2F3N2O. The molecule has 0 aromatic heterocycles. The SMILES string of the molecule is COc1cc(C(F)(F)F)ccc1[C@H](CC(C)C)N1CCNCC1.Cl.Cl. The molecule has 0 saturated carbocycles. The molecule has 25 heavy (non-hydrogen) atoms. The number of hydrogen-bond donors (Lipinski definition) is 1. The number of hydrogen-bond acceptors (Lipinski definition) is 3. The quantitative estimate of drug-likeness (QED) is 0.781. The zero-order valence-electron chi connectivity index (χ0n) is 14.7. The van der Waals surface area contributed by atoms with Crippen LogP contribution in [0.1, 0.15) is 37.4 Å². The summed E-state index contributed by atoms with van der Waals surface area (Å²) in [5, 5.41) is 3.31. The van der Waals surface area contributed by atoms with Crippen molar-refractivity contribution in [2.24, 2.45) is 5.92 Å². The molecule has 1 aromatic carbocycles. The van der Waals surface area contributed by atoms with Crippen molar-refractivity contribution in [3.8, 4) is 5.75 Å². The Bertz CT molecular complexity index is 521. The number of rotatable bonds is 5. The molecule has 1 heterocycles. The van der Waals surface area contributed by atoms with Crippen LogP contribution in [0.3, 0.4) is 0 Å². The lowest BCUT2D eigenvalue weighted by atomic mass is 9.93. The molecule has 3 nitrogen and oxygen atoms in total. The van der Waals surface area contributed by atoms with E-state index in [0.29, 0.717) is 11.7 Å². The Kier molecular flexibility index (Phi) is 10.2. The third-order valence-corrected chi connectivity index (χ3v) is 4.21. The van der Waals surface area contributed by atoms with Crippen molar-refractivity contribution in [3.63, 3.8) is 0 Å². The van der Waals surface area contributed by atoms with Crippen molar-refractivity contribution in [1.29, 1.82) is 0 Å². The number of ether oxygens (including phenoxy) is 1. The molecular weight excluding hydrogens is 376 g/mol. The fourth-order valence-electron chi connectivity index (χ4n) is 3.08. The average Bonchev–Trinajstić information content (AvgIpc) is 2.52. The average molecular weight is 403 g/mol. The summed E-state index contributed by atoms with van der Waals surface area (Å²) >= 11 is 0. The first-order valence-corrected chi connectivity index (χ1v) is 8.02. The second-order valence-corrected chi connectivity index (χ2v) is 6.39. The highest BCUT2D eigenvalue weighted by Crippen LogP contribution is 2.38. The number of halogens is 5. The van der Waals surface area contributed by atoms with E-state index in [1.54, 1.807) is 6.07 Å². The Hall–Kier alpha value is -0.690. The molecule has 0 bridgehead atoms. The van der Waals surface area contributed by atoms with Gasteiger partial charge in [0.1, 0.15) is 5.75 Å². The van der Waals surface area contributed by atoms with Crippen molar-refractivity contribution in [2.75, 3.05) is 33.3 Å². The van der Waals surface area contributed by atoms with Gasteiger partial charge in [0.25, 0.3) is 0 Å². The molecule has 1 aliphatic heterocycles. The first kappa shape index (κ1) is 24.3. The van der Waals surface area contributed by atoms with Gasteiger partial charge in [-0.25, -0.2) is 0 Å². The highest BCUT2D eigenvalue weighted by atomic mass is 35.5. The van der Waals surface area contributed by atoms with Crippen molar-refractivity contribution in [1.82, 2.24) is 10.2 Å². The fourth-order valence-corrected chi connectivity index (χ4v) is 3.08. The van der Waals surface area contributed by atoms with Gasteiger partial charge < -0.3 is 10.1 Å². The van der Waals surface area contributed by atoms with Gasteiger partial charge in [-0.3, -0.25) is 4.90 Å². The Balaban J connectivity index is 0.00000288. The van der Waals surface area contributed by atoms with Crippen LogP contribution in [-0.4, -0.2) is 38.2 Å². The number of methoxy groups -OCH3 is 1. The van der Waals surface area contributed by atoms with Gasteiger partial charge >= 0.3 is 6.18 Å². The molecule has 1 fully saturated rings. The Labute approximate surface area is 160 Å². The van der Waals surface area contributed by atoms with Crippen LogP contribution in [-0.2, 0) is 6.18 Å². The fraction of sp³-hybridized carbons (Fsp3) is 0.647. The van der Waals surface area contributed by atoms with Crippen LogP contribution in [0.15, 0.2) is 18.2 Å². The number of nitrogens with zero attached hydrogens (tertiary/aromatic N) is 1. The summed E-state index contributed by atoms with van der Waals surface area (Å²) in [6, 6.07) is 3.93. The van der Waals surface area contributed by atoms with E-state index in [-0.39, 0.29) is 30.9 Å². The lowest BCUT2D eigenvalue weighted by Gasteiger charge is -2.36. The van der Waals surface area contributed by atoms with E-state index in [9.17, 15) is 13.2 Å². The second kappa shape index (κ2) is 10.5. The van der Waals surface area contributed by atoms with Gasteiger partial charge in [-0.2, -0.15) is 13.2 Å². The monoisotopic (exact) mass is 402 g/mol. The molecule has 0 radical (unpaired) electrons. The Morgan fingerprint density at radius 3 is 2.24 bits per heavy atom. The normalized spacial score (nSPS) is 16.8. The maximum atomic E-state index is 12.9. The molecule has 0 aliphatic carbocycles. The van der Waals surface area contributed by atoms with Gasteiger partial charge in [0.2, 0.25) is 0 Å². The maximum Gasteiger partial charge on any atom is 0.416 e. The lowest BCUT2D eigenvalue weighted by Crippen LogP contribution is -2.45. The highest BCUT2D eigenvalue weighted by Gasteiger charge is 2.33. The van der Waals surface area contributed by atoms with E-state index in [4.69, 9.17) is 4.74 Å². The van der Waals surface area contributed by atoms with Crippen LogP contribution >= 0.6 is 24.8 Å². The van der Waals surface area contributed by atoms with E-state index in [1.165, 1.54) is 7.11 Å². The molecule has 2 rings (SSSR count). The predicted molar refractivity (Wildman–Crippen MR) is 99.1 cm³/mol. The van der Waals surface area contributed by atoms with Crippen LogP contribution in [0, 0.1) is 5.92 Å². The number of benzene rings is 1. The van der Waals surface area contributed by atoms with Gasteiger partial charge in [-0.1, -0.05) is 19.9 Å². The third-order valence-electron chi connectivity index (χ3n) is 4.21. The molecule has 0 amide bonds. The van der Waals surface area contributed by atoms with Crippen LogP contribution < -0.4 is 10.1 Å². The van der Waals surface area contributed by atoms with Gasteiger partial charge in [0, 0.05) is 37.8 Å². The molecule has 0 unspecified atom stereocenters. The van der Waals surface area contributed by atoms with Crippen molar-refractivity contribution >= 4 is 24.8 Å². The lowest BCUT2D eigenvalue weighted by molar-refractivity contribution is -0.137. The second-order valence-electron chi connectivity index (χ2n) is 6.39. The minimum atomic E-state index is -4.35. The smallest absolute Gasteiger partial charge is 0.416 e. The maximum absolute atomic E-state index is 12.9. The molecule has 1 saturated heterocycles. The summed E-state index contributed by atoms with van der Waals surface area (Å²) in [6.07, 6.45) is -3.46. The predicted octanol–water partition coefficient (Wildman–Crippen LogP) is 4.55. The zero-order chi connectivity index (χ0) is 17.0. The molecule has 146 valence electrons. The van der Waals surface area contributed by atoms with E-state index < -0.39 is 11.7 Å². The van der Waals surface area contributed by atoms with E-state index in [1.807, 2.05) is 0 Å². The molecule has 1 N–H and O–H groups in total. The summed E-state index contributed by atoms with van der Waals surface area (Å²) < 4.78 is 44.1. The summed E-state index contributed by atoms with van der Waals surface area (Å²) in [7, 11) is 1.43. The van der Waals surface area contributed by atoms with Crippen LogP contribution in [0.5, 0.6) is 5.75 Å². The number of nitrogens with one attached hydrogen (secondary N) is 1. The van der Waals surface area contributed by atoms with Crippen molar-refractivity contribution in [2.45, 2.75) is 32.5 Å². The Morgan fingerprint density at radius 2 is 1.76 bits per heavy atom. The summed E-state index contributed by atoms with van der Waals surface area (Å²) in [5.74, 6) is 0.769. The zero-order valence-corrected chi connectivity index (χ0v) is 16.4. The number of alkyl halides is 3. The third kappa shape index (κ3) is 6.51. The summed E-state index contributed by atoms with van der Waals surface area (Å²) in [5.41, 5.74) is 0.179. The van der Waals surface area contributed by atoms with Gasteiger partial charge in [-0.05, 0) is 24.5 Å². The van der Waals surface area contributed by atoms with Gasteiger partial charge in [0.05, 0.1) is 12.7 Å². The summed E-state index contributed by atoms with van der Waals surface area (Å²) in [4.78, 5) is 2.33. The van der Waals surface area contributed by atoms with E-state index >= 15 is 0 Å². The Morgan fingerprint density at radius 1 is 1.16 bits per heavy atom. The van der Waals surface area contributed by atoms with Crippen LogP contribution in [0.25, 0.3) is 0 Å². The van der Waals surface area contributed by atoms with Gasteiger partial charge in [-0.15, -0.1) is 24.8 Å². The minimum absolute atomic E-state index is 0. The van der Waals surface area contributed by atoms with Crippen LogP contribution in [0.2, 0.25) is 0 Å². The molecule has 1 aliphatic rings. The topological polar surface area (TPSA) is 24.5 Å². The highest BCUT2D eigenvalue weighted by molar-refractivity contribution is 5.85. The molecule has 1 atom stereocenters. The van der Waals surface area contributed by atoms with E-state index in [2.05, 4.69) is 24.1 Å². The number of piperazine rings is 1. The minimum Gasteiger partial charge on any atom is -0.496 e. The largest absolute Gasteiger partial charge is 0.496 e. The van der Waals surface area contributed by atoms with Crippen molar-refractivity contribution in [3.05, 3.63) is 29.3 Å². The molecule has 8 heteroatoms. The van der Waals surface area contributed by atoms with Crippen LogP contribution in [0.4, 0.5) is 13.2 Å². The first-order chi connectivity index (χ1) is 10.8. The molecule has 1 aromatic rings. The van der Waals surface area contributed by atoms with Crippen molar-refractivity contribution < 1.29 is 17.9 Å². The standard InChI is InChI=1S/C17H25F3N2O.2ClH/c1-12(2)10-15(22-8-6-21-7-9-22)14-5-4-13(17(18,19)20)11-16(14)23-3;;/h4-5,11-12,15,21H,6-10H2,1-3H3;2*1H/t15-;;/m0../s1. The van der Waals surface area contributed by atoms with Gasteiger partial charge in [0.15, 0.2) is 0 Å². The van der Waals surface area contributed by atoms with E-state index in [0.717, 1.165) is 50.3 Å². The summed E-state index contributed by atoms with van der Waals surface area (Å²) in [6.45, 7) is 7.84. The first-order valence-electron chi connectivity index (χ1n) is 8.02. The molecule has 0 spiro atoms.